The first-order chi connectivity index (χ1) is 9.25. The minimum atomic E-state index is -4.62. The molecule has 0 aliphatic carbocycles. The summed E-state index contributed by atoms with van der Waals surface area (Å²) >= 11 is 0. The van der Waals surface area contributed by atoms with Gasteiger partial charge in [0.25, 0.3) is 5.69 Å². The molecule has 1 heterocycles. The number of hydrogen-bond acceptors (Lipinski definition) is 4. The number of likely N-dealkylation sites (tertiary alicyclic amines) is 1. The smallest absolute Gasteiger partial charge is 0.392 e. The summed E-state index contributed by atoms with van der Waals surface area (Å²) in [5, 5.41) is 20.1. The summed E-state index contributed by atoms with van der Waals surface area (Å²) in [6.07, 6.45) is -4.55. The highest BCUT2D eigenvalue weighted by Gasteiger charge is 2.33. The maximum atomic E-state index is 12.7. The average molecular weight is 290 g/mol. The average Bonchev–Trinajstić information content (AvgIpc) is 2.73. The molecule has 0 spiro atoms. The van der Waals surface area contributed by atoms with E-state index in [2.05, 4.69) is 0 Å². The lowest BCUT2D eigenvalue weighted by Gasteiger charge is -2.16. The van der Waals surface area contributed by atoms with Crippen LogP contribution in [0.4, 0.5) is 18.9 Å². The summed E-state index contributed by atoms with van der Waals surface area (Å²) in [5.74, 6) is 0. The predicted octanol–water partition coefficient (Wildman–Crippen LogP) is 2.18. The van der Waals surface area contributed by atoms with Crippen LogP contribution in [0, 0.1) is 10.1 Å². The van der Waals surface area contributed by atoms with Crippen molar-refractivity contribution in [3.63, 3.8) is 0 Å². The number of rotatable bonds is 3. The number of nitro groups is 1. The molecule has 1 N–H and O–H groups in total. The van der Waals surface area contributed by atoms with E-state index in [0.29, 0.717) is 25.6 Å². The van der Waals surface area contributed by atoms with E-state index in [1.54, 1.807) is 4.90 Å². The number of β-amino-alcohol motifs (C(OH)–C–C–N with tert-alkyl or cyclic N) is 1. The second-order valence-corrected chi connectivity index (χ2v) is 4.82. The fourth-order valence-corrected chi connectivity index (χ4v) is 2.25. The van der Waals surface area contributed by atoms with Crippen LogP contribution in [0.5, 0.6) is 0 Å². The molecule has 1 aromatic rings. The summed E-state index contributed by atoms with van der Waals surface area (Å²) in [5.41, 5.74) is -1.38. The molecule has 1 aliphatic heterocycles. The first kappa shape index (κ1) is 14.7. The number of alkyl halides is 3. The van der Waals surface area contributed by atoms with Gasteiger partial charge in [0.05, 0.1) is 16.6 Å². The Morgan fingerprint density at radius 1 is 1.40 bits per heavy atom. The van der Waals surface area contributed by atoms with Gasteiger partial charge in [-0.25, -0.2) is 0 Å². The van der Waals surface area contributed by atoms with Crippen LogP contribution in [0.15, 0.2) is 18.2 Å². The summed E-state index contributed by atoms with van der Waals surface area (Å²) in [6, 6.07) is 2.58. The van der Waals surface area contributed by atoms with Crippen molar-refractivity contribution >= 4 is 5.69 Å². The molecule has 0 radical (unpaired) electrons. The van der Waals surface area contributed by atoms with Gasteiger partial charge in [-0.3, -0.25) is 15.0 Å². The molecule has 0 amide bonds. The van der Waals surface area contributed by atoms with E-state index in [9.17, 15) is 28.4 Å². The lowest BCUT2D eigenvalue weighted by Crippen LogP contribution is -2.21. The molecule has 0 aromatic heterocycles. The van der Waals surface area contributed by atoms with E-state index in [1.807, 2.05) is 0 Å². The molecule has 1 saturated heterocycles. The predicted molar refractivity (Wildman–Crippen MR) is 64.0 cm³/mol. The zero-order valence-electron chi connectivity index (χ0n) is 10.4. The van der Waals surface area contributed by atoms with E-state index in [-0.39, 0.29) is 12.1 Å². The summed E-state index contributed by atoms with van der Waals surface area (Å²) in [6.45, 7) is 1.08. The second kappa shape index (κ2) is 5.37. The molecule has 1 fully saturated rings. The Bertz CT molecular complexity index is 519. The van der Waals surface area contributed by atoms with Gasteiger partial charge < -0.3 is 5.11 Å². The number of hydrogen-bond donors (Lipinski definition) is 1. The van der Waals surface area contributed by atoms with E-state index < -0.39 is 28.5 Å². The Balaban J connectivity index is 2.27. The van der Waals surface area contributed by atoms with E-state index in [1.165, 1.54) is 0 Å². The van der Waals surface area contributed by atoms with E-state index in [4.69, 9.17) is 0 Å². The Morgan fingerprint density at radius 3 is 2.60 bits per heavy atom. The standard InChI is InChI=1S/C12H13F3N2O3/c13-12(14,15)9-3-8(4-10(5-9)17(19)20)6-16-2-1-11(18)7-16/h3-5,11,18H,1-2,6-7H2. The van der Waals surface area contributed by atoms with Gasteiger partial charge in [-0.1, -0.05) is 0 Å². The fourth-order valence-electron chi connectivity index (χ4n) is 2.25. The molecule has 1 aliphatic rings. The van der Waals surface area contributed by atoms with E-state index in [0.717, 1.165) is 12.1 Å². The summed E-state index contributed by atoms with van der Waals surface area (Å²) < 4.78 is 38.1. The third kappa shape index (κ3) is 3.45. The van der Waals surface area contributed by atoms with Gasteiger partial charge in [0.1, 0.15) is 0 Å². The lowest BCUT2D eigenvalue weighted by atomic mass is 10.1. The highest BCUT2D eigenvalue weighted by Crippen LogP contribution is 2.33. The Morgan fingerprint density at radius 2 is 2.10 bits per heavy atom. The van der Waals surface area contributed by atoms with Crippen LogP contribution < -0.4 is 0 Å². The number of halogens is 3. The van der Waals surface area contributed by atoms with Crippen LogP contribution in [0.2, 0.25) is 0 Å². The van der Waals surface area contributed by atoms with Gasteiger partial charge >= 0.3 is 6.18 Å². The highest BCUT2D eigenvalue weighted by molar-refractivity contribution is 5.40. The summed E-state index contributed by atoms with van der Waals surface area (Å²) in [4.78, 5) is 11.6. The number of aliphatic hydroxyl groups is 1. The van der Waals surface area contributed by atoms with Crippen LogP contribution in [-0.2, 0) is 12.7 Å². The second-order valence-electron chi connectivity index (χ2n) is 4.82. The fraction of sp³-hybridized carbons (Fsp3) is 0.500. The van der Waals surface area contributed by atoms with Crippen molar-refractivity contribution < 1.29 is 23.2 Å². The van der Waals surface area contributed by atoms with Crippen molar-refractivity contribution in [1.29, 1.82) is 0 Å². The van der Waals surface area contributed by atoms with Crippen molar-refractivity contribution in [1.82, 2.24) is 4.90 Å². The van der Waals surface area contributed by atoms with Crippen LogP contribution in [-0.4, -0.2) is 34.1 Å². The third-order valence-electron chi connectivity index (χ3n) is 3.17. The van der Waals surface area contributed by atoms with Gasteiger partial charge in [0.2, 0.25) is 0 Å². The normalized spacial score (nSPS) is 20.3. The number of non-ortho nitro benzene ring substituents is 1. The first-order valence-electron chi connectivity index (χ1n) is 6.01. The zero-order valence-corrected chi connectivity index (χ0v) is 10.4. The van der Waals surface area contributed by atoms with Crippen molar-refractivity contribution in [3.05, 3.63) is 39.4 Å². The molecule has 110 valence electrons. The molecule has 20 heavy (non-hydrogen) atoms. The Labute approximate surface area is 112 Å². The highest BCUT2D eigenvalue weighted by atomic mass is 19.4. The van der Waals surface area contributed by atoms with Gasteiger partial charge in [0, 0.05) is 31.8 Å². The van der Waals surface area contributed by atoms with Crippen LogP contribution >= 0.6 is 0 Å². The van der Waals surface area contributed by atoms with Crippen molar-refractivity contribution in [2.24, 2.45) is 0 Å². The number of benzene rings is 1. The molecule has 5 nitrogen and oxygen atoms in total. The van der Waals surface area contributed by atoms with Crippen molar-refractivity contribution in [3.8, 4) is 0 Å². The minimum absolute atomic E-state index is 0.155. The number of nitrogens with zero attached hydrogens (tertiary/aromatic N) is 2. The monoisotopic (exact) mass is 290 g/mol. The van der Waals surface area contributed by atoms with Crippen LogP contribution in [0.25, 0.3) is 0 Å². The Kier molecular flexibility index (Phi) is 3.96. The zero-order chi connectivity index (χ0) is 14.9. The molecular weight excluding hydrogens is 277 g/mol. The van der Waals surface area contributed by atoms with Crippen LogP contribution in [0.1, 0.15) is 17.5 Å². The minimum Gasteiger partial charge on any atom is -0.392 e. The maximum absolute atomic E-state index is 12.7. The molecule has 1 atom stereocenters. The quantitative estimate of drug-likeness (QED) is 0.684. The molecule has 1 unspecified atom stereocenters. The molecule has 8 heteroatoms. The van der Waals surface area contributed by atoms with Crippen molar-refractivity contribution in [2.45, 2.75) is 25.2 Å². The maximum Gasteiger partial charge on any atom is 0.416 e. The largest absolute Gasteiger partial charge is 0.416 e. The number of nitro benzene ring substituents is 1. The lowest BCUT2D eigenvalue weighted by molar-refractivity contribution is -0.385. The third-order valence-corrected chi connectivity index (χ3v) is 3.17. The van der Waals surface area contributed by atoms with Gasteiger partial charge in [-0.15, -0.1) is 0 Å². The SMILES string of the molecule is O=[N+]([O-])c1cc(CN2CCC(O)C2)cc(C(F)(F)F)c1. The number of aliphatic hydroxyl groups excluding tert-OH is 1. The molecule has 1 aromatic carbocycles. The molecule has 0 saturated carbocycles. The topological polar surface area (TPSA) is 66.6 Å². The van der Waals surface area contributed by atoms with Gasteiger partial charge in [-0.2, -0.15) is 13.2 Å². The molecule has 2 rings (SSSR count). The first-order valence-corrected chi connectivity index (χ1v) is 6.01. The summed E-state index contributed by atoms with van der Waals surface area (Å²) in [7, 11) is 0. The van der Waals surface area contributed by atoms with Gasteiger partial charge in [0.15, 0.2) is 0 Å². The molecular formula is C12H13F3N2O3. The molecule has 0 bridgehead atoms. The Hall–Kier alpha value is -1.67. The van der Waals surface area contributed by atoms with E-state index >= 15 is 0 Å². The van der Waals surface area contributed by atoms with Crippen molar-refractivity contribution in [2.75, 3.05) is 13.1 Å². The van der Waals surface area contributed by atoms with Crippen LogP contribution in [0.3, 0.4) is 0 Å². The van der Waals surface area contributed by atoms with Gasteiger partial charge in [-0.05, 0) is 18.1 Å².